The number of unbranched alkanes of at least 4 members (excludes halogenated alkanes) is 1. The molecule has 0 fully saturated rings. The van der Waals surface area contributed by atoms with Crippen LogP contribution in [-0.4, -0.2) is 17.4 Å². The summed E-state index contributed by atoms with van der Waals surface area (Å²) in [7, 11) is 0. The molecular weight excluding hydrogens is 226 g/mol. The fourth-order valence-electron chi connectivity index (χ4n) is 0. The average molecular weight is 262 g/mol. The molecule has 0 spiro atoms. The van der Waals surface area contributed by atoms with Crippen LogP contribution in [0, 0.1) is 45.4 Å². The maximum atomic E-state index is 3.64. The van der Waals surface area contributed by atoms with Crippen LogP contribution in [0.4, 0.5) is 0 Å². The second-order valence-corrected chi connectivity index (χ2v) is 5.04. The number of hydrogen-bond acceptors (Lipinski definition) is 0. The summed E-state index contributed by atoms with van der Waals surface area (Å²) in [5, 5.41) is 0. The van der Waals surface area contributed by atoms with Crippen molar-refractivity contribution in [2.24, 2.45) is 17.8 Å². The van der Waals surface area contributed by atoms with Crippen LogP contribution in [0.25, 0.3) is 0 Å². The molecule has 0 aromatic rings. The maximum absolute atomic E-state index is 3.64. The monoisotopic (exact) mass is 262 g/mol. The zero-order valence-electron chi connectivity index (χ0n) is 14.6. The molecule has 18 heavy (non-hydrogen) atoms. The van der Waals surface area contributed by atoms with Crippen molar-refractivity contribution in [1.82, 2.24) is 0 Å². The van der Waals surface area contributed by atoms with E-state index >= 15 is 0 Å². The molecule has 0 nitrogen and oxygen atoms in total. The quantitative estimate of drug-likeness (QED) is 0.503. The van der Waals surface area contributed by atoms with Crippen LogP contribution in [0.15, 0.2) is 0 Å². The van der Waals surface area contributed by atoms with E-state index in [1.165, 1.54) is 6.42 Å². The zero-order chi connectivity index (χ0) is 14.1. The van der Waals surface area contributed by atoms with Crippen LogP contribution in [-0.2, 0) is 0 Å². The van der Waals surface area contributed by atoms with Crippen LogP contribution in [0.5, 0.6) is 0 Å². The minimum absolute atomic E-state index is 0. The molecule has 0 atom stereocenters. The molecule has 2 heteroatoms. The topological polar surface area (TPSA) is 0 Å². The first kappa shape index (κ1) is 36.5. The third kappa shape index (κ3) is 982. The van der Waals surface area contributed by atoms with Gasteiger partial charge >= 0.3 is 36.2 Å². The molecule has 0 amide bonds. The zero-order valence-corrected chi connectivity index (χ0v) is 15.7. The molecule has 0 saturated carbocycles. The van der Waals surface area contributed by atoms with E-state index < -0.39 is 0 Å². The average Bonchev–Trinajstić information content (AvgIpc) is 2.00. The van der Waals surface area contributed by atoms with E-state index in [0.717, 1.165) is 6.42 Å². The molecule has 0 aromatic heterocycles. The summed E-state index contributed by atoms with van der Waals surface area (Å²) < 4.78 is 0. The van der Waals surface area contributed by atoms with Gasteiger partial charge < -0.3 is 27.7 Å². The van der Waals surface area contributed by atoms with E-state index in [-0.39, 0.29) is 36.2 Å². The molecule has 104 valence electrons. The minimum Gasteiger partial charge on any atom is -0.343 e. The number of rotatable bonds is 1. The molecule has 0 saturated heterocycles. The fourth-order valence-corrected chi connectivity index (χ4v) is 0. The Balaban J connectivity index is -0.0000000257. The second kappa shape index (κ2) is 36.2. The minimum atomic E-state index is 0. The molecule has 0 aliphatic rings. The molecule has 0 heterocycles. The first-order chi connectivity index (χ1) is 7.11. The summed E-state index contributed by atoms with van der Waals surface area (Å²) in [6.07, 6.45) is 2.28. The Morgan fingerprint density at radius 2 is 0.778 bits per heavy atom. The van der Waals surface area contributed by atoms with Crippen molar-refractivity contribution in [3.05, 3.63) is 27.7 Å². The van der Waals surface area contributed by atoms with Crippen LogP contribution in [0.1, 0.15) is 61.3 Å². The summed E-state index contributed by atoms with van der Waals surface area (Å²) in [6, 6.07) is 0. The summed E-state index contributed by atoms with van der Waals surface area (Å²) in [4.78, 5) is 0. The van der Waals surface area contributed by atoms with Gasteiger partial charge in [-0.2, -0.15) is 24.2 Å². The first-order valence-electron chi connectivity index (χ1n) is 6.40. The van der Waals surface area contributed by atoms with Gasteiger partial charge in [-0.1, -0.05) is 54.9 Å². The van der Waals surface area contributed by atoms with Crippen molar-refractivity contribution in [2.75, 3.05) is 0 Å². The Morgan fingerprint density at radius 3 is 0.778 bits per heavy atom. The van der Waals surface area contributed by atoms with E-state index in [9.17, 15) is 0 Å². The van der Waals surface area contributed by atoms with E-state index in [1.54, 1.807) is 0 Å². The Kier molecular flexibility index (Phi) is 73.3. The SMILES string of the molecule is [Al+3].[CH2-]C(C)C.[CH2-]C(C)C.[CH2-]C(C)C.[CH2-]CCC.[Li+]. The van der Waals surface area contributed by atoms with E-state index in [0.29, 0.717) is 17.8 Å². The van der Waals surface area contributed by atoms with Gasteiger partial charge in [0.05, 0.1) is 0 Å². The Hall–Kier alpha value is 1.13. The van der Waals surface area contributed by atoms with Gasteiger partial charge in [0.25, 0.3) is 0 Å². The van der Waals surface area contributed by atoms with Gasteiger partial charge in [0.15, 0.2) is 0 Å². The van der Waals surface area contributed by atoms with Gasteiger partial charge in [-0.3, -0.25) is 0 Å². The Labute approximate surface area is 142 Å². The van der Waals surface area contributed by atoms with Crippen LogP contribution in [0.3, 0.4) is 0 Å². The van der Waals surface area contributed by atoms with Crippen LogP contribution in [0.2, 0.25) is 0 Å². The summed E-state index contributed by atoms with van der Waals surface area (Å²) >= 11 is 0. The predicted octanol–water partition coefficient (Wildman–Crippen LogP) is 2.67. The standard InChI is InChI=1S/4C4H9.Al.Li/c3*1-4(2)3;1-3-4-2;;/h3*4H,1H2,2-3H3;1,3-4H2,2H3;;/q4*-1;+3;+1. The molecule has 0 aliphatic heterocycles. The van der Waals surface area contributed by atoms with Crippen molar-refractivity contribution in [2.45, 2.75) is 61.3 Å². The molecule has 0 rings (SSSR count). The van der Waals surface area contributed by atoms with Gasteiger partial charge in [-0.15, -0.1) is 0 Å². The smallest absolute Gasteiger partial charge is 0.343 e. The van der Waals surface area contributed by atoms with Crippen molar-refractivity contribution >= 4 is 17.4 Å². The van der Waals surface area contributed by atoms with Crippen molar-refractivity contribution in [3.8, 4) is 0 Å². The van der Waals surface area contributed by atoms with Gasteiger partial charge in [-0.05, 0) is 0 Å². The third-order valence-corrected chi connectivity index (χ3v) is 0.354. The van der Waals surface area contributed by atoms with Crippen LogP contribution < -0.4 is 18.9 Å². The molecule has 0 aromatic carbocycles. The summed E-state index contributed by atoms with van der Waals surface area (Å²) in [5.74, 6) is 1.75. The van der Waals surface area contributed by atoms with Gasteiger partial charge in [0, 0.05) is 0 Å². The largest absolute Gasteiger partial charge is 3.00 e. The van der Waals surface area contributed by atoms with Crippen molar-refractivity contribution in [1.29, 1.82) is 0 Å². The molecule has 0 radical (unpaired) electrons. The van der Waals surface area contributed by atoms with E-state index in [1.807, 2.05) is 0 Å². The van der Waals surface area contributed by atoms with Gasteiger partial charge in [0.2, 0.25) is 0 Å². The third-order valence-electron chi connectivity index (χ3n) is 0.354. The number of hydrogen-bond donors (Lipinski definition) is 0. The first-order valence-corrected chi connectivity index (χ1v) is 6.40. The predicted molar refractivity (Wildman–Crippen MR) is 86.6 cm³/mol. The Morgan fingerprint density at radius 1 is 0.722 bits per heavy atom. The Bertz CT molecular complexity index is 56.6. The summed E-state index contributed by atoms with van der Waals surface area (Å²) in [6.45, 7) is 29.0. The van der Waals surface area contributed by atoms with E-state index in [4.69, 9.17) is 0 Å². The van der Waals surface area contributed by atoms with E-state index in [2.05, 4.69) is 76.2 Å². The fraction of sp³-hybridized carbons (Fsp3) is 0.750. The van der Waals surface area contributed by atoms with Crippen LogP contribution >= 0.6 is 0 Å². The maximum Gasteiger partial charge on any atom is 3.00 e. The van der Waals surface area contributed by atoms with Gasteiger partial charge in [0.1, 0.15) is 0 Å². The normalized spacial score (nSPS) is 7.67. The summed E-state index contributed by atoms with van der Waals surface area (Å²) in [5.41, 5.74) is 0. The molecular formula is C16H36AlLi. The molecule has 0 bridgehead atoms. The molecule has 0 aliphatic carbocycles. The van der Waals surface area contributed by atoms with Crippen molar-refractivity contribution in [3.63, 3.8) is 0 Å². The molecule has 0 N–H and O–H groups in total. The van der Waals surface area contributed by atoms with Gasteiger partial charge in [-0.25, -0.2) is 0 Å². The van der Waals surface area contributed by atoms with Crippen molar-refractivity contribution < 1.29 is 18.9 Å². The second-order valence-electron chi connectivity index (χ2n) is 5.04. The molecule has 0 unspecified atom stereocenters.